The molecule has 1 fully saturated rings. The van der Waals surface area contributed by atoms with Gasteiger partial charge in [0.1, 0.15) is 17.5 Å². The molecule has 6 heteroatoms. The van der Waals surface area contributed by atoms with Crippen LogP contribution < -0.4 is 0 Å². The van der Waals surface area contributed by atoms with Gasteiger partial charge in [0.05, 0.1) is 5.69 Å². The molecular weight excluding hydrogens is 318 g/mol. The molecule has 20 heavy (non-hydrogen) atoms. The molecular formula is C14H16BrN5. The Balaban J connectivity index is 1.78. The van der Waals surface area contributed by atoms with E-state index in [1.165, 1.54) is 25.7 Å². The summed E-state index contributed by atoms with van der Waals surface area (Å²) in [7, 11) is 0. The fraction of sp³-hybridized carbons (Fsp3) is 0.500. The maximum Gasteiger partial charge on any atom is 0.141 e. The standard InChI is InChI=1S/C14H16BrN5/c15-7-9-1-3-10(4-2-9)12-13-11-5-6-16-14(11)17-8-20(13)19-18-12/h5-6,8-10,16H,1-4,7H2. The Hall–Kier alpha value is -1.43. The first-order valence-electron chi connectivity index (χ1n) is 7.10. The number of alkyl halides is 1. The second-order valence-corrected chi connectivity index (χ2v) is 6.27. The van der Waals surface area contributed by atoms with Gasteiger partial charge in [0.25, 0.3) is 0 Å². The van der Waals surface area contributed by atoms with Gasteiger partial charge in [-0.3, -0.25) is 0 Å². The Morgan fingerprint density at radius 3 is 2.95 bits per heavy atom. The summed E-state index contributed by atoms with van der Waals surface area (Å²) in [5, 5.41) is 10.9. The van der Waals surface area contributed by atoms with Gasteiger partial charge >= 0.3 is 0 Å². The van der Waals surface area contributed by atoms with Crippen molar-refractivity contribution in [3.8, 4) is 0 Å². The lowest BCUT2D eigenvalue weighted by molar-refractivity contribution is 0.351. The monoisotopic (exact) mass is 333 g/mol. The molecule has 3 aromatic heterocycles. The fourth-order valence-corrected chi connectivity index (χ4v) is 3.93. The number of aromatic amines is 1. The highest BCUT2D eigenvalue weighted by molar-refractivity contribution is 9.09. The molecule has 0 spiro atoms. The highest BCUT2D eigenvalue weighted by atomic mass is 79.9. The summed E-state index contributed by atoms with van der Waals surface area (Å²) in [6.45, 7) is 0. The van der Waals surface area contributed by atoms with E-state index in [4.69, 9.17) is 0 Å². The topological polar surface area (TPSA) is 58.9 Å². The Morgan fingerprint density at radius 1 is 1.30 bits per heavy atom. The van der Waals surface area contributed by atoms with Crippen LogP contribution >= 0.6 is 15.9 Å². The van der Waals surface area contributed by atoms with E-state index in [0.29, 0.717) is 5.92 Å². The summed E-state index contributed by atoms with van der Waals surface area (Å²) in [5.74, 6) is 1.35. The molecule has 0 bridgehead atoms. The summed E-state index contributed by atoms with van der Waals surface area (Å²) >= 11 is 3.60. The average molecular weight is 334 g/mol. The van der Waals surface area contributed by atoms with Crippen LogP contribution in [0.4, 0.5) is 0 Å². The molecule has 104 valence electrons. The Morgan fingerprint density at radius 2 is 2.15 bits per heavy atom. The minimum Gasteiger partial charge on any atom is -0.346 e. The van der Waals surface area contributed by atoms with E-state index in [-0.39, 0.29) is 0 Å². The molecule has 5 nitrogen and oxygen atoms in total. The summed E-state index contributed by atoms with van der Waals surface area (Å²) in [6.07, 6.45) is 8.63. The molecule has 0 amide bonds. The van der Waals surface area contributed by atoms with Gasteiger partial charge in [-0.05, 0) is 37.7 Å². The maximum absolute atomic E-state index is 4.45. The Kier molecular flexibility index (Phi) is 2.98. The van der Waals surface area contributed by atoms with E-state index < -0.39 is 0 Å². The molecule has 3 aromatic rings. The molecule has 1 aliphatic carbocycles. The van der Waals surface area contributed by atoms with Crippen LogP contribution in [0.5, 0.6) is 0 Å². The van der Waals surface area contributed by atoms with Gasteiger partial charge in [0, 0.05) is 22.8 Å². The quantitative estimate of drug-likeness (QED) is 0.732. The SMILES string of the molecule is BrCC1CCC(c2nnn3cnc4[nH]ccc4c23)CC1. The molecule has 0 aliphatic heterocycles. The summed E-state index contributed by atoms with van der Waals surface area (Å²) in [4.78, 5) is 7.51. The Bertz CT molecular complexity index is 738. The zero-order valence-electron chi connectivity index (χ0n) is 11.1. The van der Waals surface area contributed by atoms with Crippen molar-refractivity contribution in [3.05, 3.63) is 24.3 Å². The second-order valence-electron chi connectivity index (χ2n) is 5.62. The first-order valence-corrected chi connectivity index (χ1v) is 8.22. The third-order valence-electron chi connectivity index (χ3n) is 4.45. The van der Waals surface area contributed by atoms with Crippen LogP contribution in [0, 0.1) is 5.92 Å². The smallest absolute Gasteiger partial charge is 0.141 e. The van der Waals surface area contributed by atoms with Crippen LogP contribution in [0.3, 0.4) is 0 Å². The van der Waals surface area contributed by atoms with Crippen molar-refractivity contribution in [2.45, 2.75) is 31.6 Å². The molecule has 0 radical (unpaired) electrons. The van der Waals surface area contributed by atoms with Crippen molar-refractivity contribution in [3.63, 3.8) is 0 Å². The molecule has 1 aliphatic rings. The number of fused-ring (bicyclic) bond motifs is 3. The van der Waals surface area contributed by atoms with Crippen molar-refractivity contribution in [2.24, 2.45) is 5.92 Å². The van der Waals surface area contributed by atoms with E-state index in [0.717, 1.165) is 33.5 Å². The number of nitrogens with zero attached hydrogens (tertiary/aromatic N) is 4. The highest BCUT2D eigenvalue weighted by Gasteiger charge is 2.26. The number of hydrogen-bond acceptors (Lipinski definition) is 3. The summed E-state index contributed by atoms with van der Waals surface area (Å²) in [6, 6.07) is 2.06. The van der Waals surface area contributed by atoms with Gasteiger partial charge < -0.3 is 4.98 Å². The van der Waals surface area contributed by atoms with E-state index >= 15 is 0 Å². The minimum atomic E-state index is 0.531. The van der Waals surface area contributed by atoms with Gasteiger partial charge in [0.15, 0.2) is 0 Å². The fourth-order valence-electron chi connectivity index (χ4n) is 3.28. The van der Waals surface area contributed by atoms with Crippen molar-refractivity contribution >= 4 is 32.5 Å². The van der Waals surface area contributed by atoms with Crippen molar-refractivity contribution < 1.29 is 0 Å². The lowest BCUT2D eigenvalue weighted by Gasteiger charge is -2.26. The first kappa shape index (κ1) is 12.3. The largest absolute Gasteiger partial charge is 0.346 e. The Labute approximate surface area is 124 Å². The van der Waals surface area contributed by atoms with Crippen molar-refractivity contribution in [2.75, 3.05) is 5.33 Å². The van der Waals surface area contributed by atoms with Crippen molar-refractivity contribution in [1.82, 2.24) is 24.8 Å². The van der Waals surface area contributed by atoms with Crippen LogP contribution in [0.15, 0.2) is 18.6 Å². The van der Waals surface area contributed by atoms with E-state index in [1.807, 2.05) is 10.7 Å². The molecule has 0 aromatic carbocycles. The molecule has 4 rings (SSSR count). The summed E-state index contributed by atoms with van der Waals surface area (Å²) in [5.41, 5.74) is 3.18. The lowest BCUT2D eigenvalue weighted by atomic mass is 9.81. The second kappa shape index (κ2) is 4.84. The van der Waals surface area contributed by atoms with Gasteiger partial charge in [-0.25, -0.2) is 9.50 Å². The van der Waals surface area contributed by atoms with Crippen LogP contribution in [0.25, 0.3) is 16.6 Å². The van der Waals surface area contributed by atoms with E-state index in [1.54, 1.807) is 6.33 Å². The number of nitrogens with one attached hydrogen (secondary N) is 1. The predicted octanol–water partition coefficient (Wildman–Crippen LogP) is 3.27. The summed E-state index contributed by atoms with van der Waals surface area (Å²) < 4.78 is 1.81. The molecule has 1 saturated carbocycles. The van der Waals surface area contributed by atoms with Gasteiger partial charge in [-0.15, -0.1) is 5.10 Å². The third kappa shape index (κ3) is 1.85. The number of halogens is 1. The molecule has 0 unspecified atom stereocenters. The average Bonchev–Trinajstić information content (AvgIpc) is 3.13. The zero-order valence-corrected chi connectivity index (χ0v) is 12.7. The molecule has 3 heterocycles. The van der Waals surface area contributed by atoms with E-state index in [9.17, 15) is 0 Å². The van der Waals surface area contributed by atoms with Gasteiger partial charge in [-0.2, -0.15) is 0 Å². The number of H-pyrrole nitrogens is 1. The van der Waals surface area contributed by atoms with Crippen LogP contribution in [-0.4, -0.2) is 30.1 Å². The van der Waals surface area contributed by atoms with Crippen LogP contribution in [-0.2, 0) is 0 Å². The van der Waals surface area contributed by atoms with Gasteiger partial charge in [0.2, 0.25) is 0 Å². The zero-order chi connectivity index (χ0) is 13.5. The number of aromatic nitrogens is 5. The van der Waals surface area contributed by atoms with Crippen molar-refractivity contribution in [1.29, 1.82) is 0 Å². The maximum atomic E-state index is 4.45. The molecule has 0 atom stereocenters. The number of rotatable bonds is 2. The molecule has 1 N–H and O–H groups in total. The number of hydrogen-bond donors (Lipinski definition) is 1. The third-order valence-corrected chi connectivity index (χ3v) is 5.36. The molecule has 0 saturated heterocycles. The van der Waals surface area contributed by atoms with Crippen LogP contribution in [0.1, 0.15) is 37.3 Å². The predicted molar refractivity (Wildman–Crippen MR) is 81.1 cm³/mol. The normalized spacial score (nSPS) is 23.6. The first-order chi connectivity index (χ1) is 9.86. The highest BCUT2D eigenvalue weighted by Crippen LogP contribution is 2.38. The van der Waals surface area contributed by atoms with Gasteiger partial charge in [-0.1, -0.05) is 21.1 Å². The van der Waals surface area contributed by atoms with E-state index in [2.05, 4.69) is 42.3 Å². The van der Waals surface area contributed by atoms with Crippen LogP contribution in [0.2, 0.25) is 0 Å². The minimum absolute atomic E-state index is 0.531. The lowest BCUT2D eigenvalue weighted by Crippen LogP contribution is -2.14.